The summed E-state index contributed by atoms with van der Waals surface area (Å²) in [5.74, 6) is 1.01. The second-order valence-corrected chi connectivity index (χ2v) is 9.50. The number of methoxy groups -OCH3 is 2. The first-order valence-corrected chi connectivity index (χ1v) is 12.7. The number of aromatic nitrogens is 2. The number of alkyl halides is 3. The summed E-state index contributed by atoms with van der Waals surface area (Å²) < 4.78 is 58.4. The van der Waals surface area contributed by atoms with E-state index in [4.69, 9.17) is 19.2 Å². The number of nitrogens with zero attached hydrogens (tertiary/aromatic N) is 2. The Labute approximate surface area is 225 Å². The van der Waals surface area contributed by atoms with Gasteiger partial charge in [0.2, 0.25) is 0 Å². The lowest BCUT2D eigenvalue weighted by Gasteiger charge is -2.13. The minimum atomic E-state index is -4.49. The Bertz CT molecular complexity index is 1720. The molecule has 0 saturated carbocycles. The van der Waals surface area contributed by atoms with Crippen molar-refractivity contribution in [1.29, 1.82) is 0 Å². The van der Waals surface area contributed by atoms with Gasteiger partial charge in [0.25, 0.3) is 5.56 Å². The Morgan fingerprint density at radius 2 is 1.72 bits per heavy atom. The van der Waals surface area contributed by atoms with Gasteiger partial charge < -0.3 is 14.2 Å². The summed E-state index contributed by atoms with van der Waals surface area (Å²) in [4.78, 5) is 19.1. The van der Waals surface area contributed by atoms with Gasteiger partial charge in [-0.3, -0.25) is 9.20 Å². The molecule has 3 aromatic carbocycles. The van der Waals surface area contributed by atoms with E-state index in [1.165, 1.54) is 35.0 Å². The van der Waals surface area contributed by atoms with Crippen LogP contribution in [-0.2, 0) is 10.9 Å². The molecular formula is C29H23F3N2O4S. The van der Waals surface area contributed by atoms with Crippen LogP contribution in [0.1, 0.15) is 16.8 Å². The van der Waals surface area contributed by atoms with Crippen LogP contribution in [0.5, 0.6) is 11.5 Å². The highest BCUT2D eigenvalue weighted by Gasteiger charge is 2.30. The summed E-state index contributed by atoms with van der Waals surface area (Å²) in [6, 6.07) is 17.3. The van der Waals surface area contributed by atoms with E-state index < -0.39 is 11.7 Å². The van der Waals surface area contributed by atoms with Crippen molar-refractivity contribution in [3.63, 3.8) is 0 Å². The second-order valence-electron chi connectivity index (χ2n) is 8.49. The van der Waals surface area contributed by atoms with Crippen LogP contribution in [0.4, 0.5) is 13.2 Å². The summed E-state index contributed by atoms with van der Waals surface area (Å²) in [6.45, 7) is 0.669. The van der Waals surface area contributed by atoms with Gasteiger partial charge in [-0.05, 0) is 48.0 Å². The number of hydrogen-bond donors (Lipinski definition) is 0. The number of ether oxygens (including phenoxy) is 3. The van der Waals surface area contributed by atoms with E-state index in [9.17, 15) is 18.0 Å². The summed E-state index contributed by atoms with van der Waals surface area (Å²) >= 11 is 1.35. The maximum absolute atomic E-state index is 13.9. The first-order chi connectivity index (χ1) is 18.8. The number of hydrogen-bond acceptors (Lipinski definition) is 6. The fourth-order valence-electron chi connectivity index (χ4n) is 4.22. The molecule has 0 N–H and O–H groups in total. The topological polar surface area (TPSA) is 62.1 Å². The first kappa shape index (κ1) is 26.5. The van der Waals surface area contributed by atoms with E-state index >= 15 is 0 Å². The molecule has 0 spiro atoms. The monoisotopic (exact) mass is 552 g/mol. The van der Waals surface area contributed by atoms with Crippen molar-refractivity contribution < 1.29 is 27.4 Å². The van der Waals surface area contributed by atoms with Crippen molar-refractivity contribution in [3.05, 3.63) is 93.9 Å². The molecule has 5 aromatic rings. The van der Waals surface area contributed by atoms with Crippen LogP contribution in [0.2, 0.25) is 0 Å². The van der Waals surface area contributed by atoms with Gasteiger partial charge in [-0.1, -0.05) is 47.7 Å². The van der Waals surface area contributed by atoms with Crippen LogP contribution < -0.4 is 15.0 Å². The number of para-hydroxylation sites is 2. The third-order valence-electron chi connectivity index (χ3n) is 6.07. The molecule has 0 atom stereocenters. The molecule has 6 nitrogen and oxygen atoms in total. The Morgan fingerprint density at radius 3 is 2.44 bits per heavy atom. The maximum atomic E-state index is 13.9. The van der Waals surface area contributed by atoms with E-state index in [-0.39, 0.29) is 11.1 Å². The summed E-state index contributed by atoms with van der Waals surface area (Å²) in [5.41, 5.74) is 1.00. The number of thiazole rings is 1. The minimum Gasteiger partial charge on any atom is -0.493 e. The van der Waals surface area contributed by atoms with Crippen molar-refractivity contribution in [1.82, 2.24) is 9.38 Å². The fourth-order valence-corrected chi connectivity index (χ4v) is 5.24. The van der Waals surface area contributed by atoms with Crippen molar-refractivity contribution in [3.8, 4) is 22.6 Å². The highest BCUT2D eigenvalue weighted by atomic mass is 32.1. The normalized spacial score (nSPS) is 12.0. The number of halogens is 3. The van der Waals surface area contributed by atoms with Gasteiger partial charge in [0.1, 0.15) is 6.61 Å². The van der Waals surface area contributed by atoms with Gasteiger partial charge in [-0.2, -0.15) is 13.2 Å². The molecule has 0 amide bonds. The van der Waals surface area contributed by atoms with E-state index in [1.807, 2.05) is 30.3 Å². The second kappa shape index (κ2) is 10.9. The SMILES string of the molecule is COCCOc1c(/C=C/c2nc3sc4ccccc4n3c(=O)c2-c2ccc(C(F)(F)F)cc2)cccc1OC. The number of benzene rings is 3. The molecule has 2 aromatic heterocycles. The van der Waals surface area contributed by atoms with E-state index in [0.29, 0.717) is 52.0 Å². The Balaban J connectivity index is 1.69. The zero-order valence-electron chi connectivity index (χ0n) is 21.0. The lowest BCUT2D eigenvalue weighted by Crippen LogP contribution is -2.17. The molecule has 39 heavy (non-hydrogen) atoms. The van der Waals surface area contributed by atoms with Crippen LogP contribution in [-0.4, -0.2) is 36.8 Å². The van der Waals surface area contributed by atoms with Crippen LogP contribution in [0.3, 0.4) is 0 Å². The lowest BCUT2D eigenvalue weighted by atomic mass is 10.0. The summed E-state index contributed by atoms with van der Waals surface area (Å²) in [6.07, 6.45) is -1.09. The molecule has 0 aliphatic heterocycles. The predicted molar refractivity (Wildman–Crippen MR) is 147 cm³/mol. The molecule has 0 unspecified atom stereocenters. The maximum Gasteiger partial charge on any atom is 0.416 e. The Hall–Kier alpha value is -4.15. The third kappa shape index (κ3) is 5.25. The van der Waals surface area contributed by atoms with Crippen molar-refractivity contribution in [2.75, 3.05) is 27.4 Å². The largest absolute Gasteiger partial charge is 0.493 e. The standard InChI is InChI=1S/C29H23F3N2O4S/c1-36-16-17-38-26-19(6-5-8-23(26)37-2)12-15-21-25(18-10-13-20(14-11-18)29(30,31)32)27(35)34-22-7-3-4-9-24(22)39-28(34)33-21/h3-15H,16-17H2,1-2H3/b15-12+. The summed E-state index contributed by atoms with van der Waals surface area (Å²) in [7, 11) is 3.11. The van der Waals surface area contributed by atoms with Gasteiger partial charge in [-0.25, -0.2) is 4.98 Å². The summed E-state index contributed by atoms with van der Waals surface area (Å²) in [5, 5.41) is 0. The highest BCUT2D eigenvalue weighted by Crippen LogP contribution is 2.35. The zero-order chi connectivity index (χ0) is 27.6. The molecule has 2 heterocycles. The fraction of sp³-hybridized carbons (Fsp3) is 0.172. The van der Waals surface area contributed by atoms with Gasteiger partial charge in [0.15, 0.2) is 16.5 Å². The average Bonchev–Trinajstić information content (AvgIpc) is 3.30. The molecule has 0 bridgehead atoms. The molecule has 200 valence electrons. The first-order valence-electron chi connectivity index (χ1n) is 11.9. The van der Waals surface area contributed by atoms with Crippen LogP contribution in [0, 0.1) is 0 Å². The minimum absolute atomic E-state index is 0.186. The van der Waals surface area contributed by atoms with E-state index in [0.717, 1.165) is 16.8 Å². The molecule has 0 radical (unpaired) electrons. The average molecular weight is 553 g/mol. The molecular weight excluding hydrogens is 529 g/mol. The molecule has 0 saturated heterocycles. The zero-order valence-corrected chi connectivity index (χ0v) is 21.8. The molecule has 0 aliphatic rings. The van der Waals surface area contributed by atoms with Crippen molar-refractivity contribution in [2.24, 2.45) is 0 Å². The lowest BCUT2D eigenvalue weighted by molar-refractivity contribution is -0.137. The van der Waals surface area contributed by atoms with Crippen LogP contribution >= 0.6 is 11.3 Å². The number of fused-ring (bicyclic) bond motifs is 3. The van der Waals surface area contributed by atoms with E-state index in [1.54, 1.807) is 31.4 Å². The molecule has 5 rings (SSSR count). The molecule has 0 fully saturated rings. The molecule has 10 heteroatoms. The van der Waals surface area contributed by atoms with Crippen LogP contribution in [0.15, 0.2) is 71.5 Å². The number of rotatable bonds is 8. The van der Waals surface area contributed by atoms with Gasteiger partial charge in [0, 0.05) is 12.7 Å². The predicted octanol–water partition coefficient (Wildman–Crippen LogP) is 6.80. The third-order valence-corrected chi connectivity index (χ3v) is 7.09. The van der Waals surface area contributed by atoms with Crippen molar-refractivity contribution in [2.45, 2.75) is 6.18 Å². The Morgan fingerprint density at radius 1 is 0.949 bits per heavy atom. The van der Waals surface area contributed by atoms with Crippen molar-refractivity contribution >= 4 is 38.7 Å². The van der Waals surface area contributed by atoms with Gasteiger partial charge in [-0.15, -0.1) is 0 Å². The van der Waals surface area contributed by atoms with E-state index in [2.05, 4.69) is 0 Å². The quantitative estimate of drug-likeness (QED) is 0.198. The smallest absolute Gasteiger partial charge is 0.416 e. The Kier molecular flexibility index (Phi) is 7.40. The van der Waals surface area contributed by atoms with Crippen LogP contribution in [0.25, 0.3) is 38.5 Å². The van der Waals surface area contributed by atoms with Gasteiger partial charge >= 0.3 is 6.18 Å². The highest BCUT2D eigenvalue weighted by molar-refractivity contribution is 7.23. The molecule has 0 aliphatic carbocycles. The van der Waals surface area contributed by atoms with Gasteiger partial charge in [0.05, 0.1) is 40.8 Å².